The SMILES string of the molecule is CC1CCCCN1C(=O)N1CCN(CC(=O)O)CC1. The molecule has 6 heteroatoms. The van der Waals surface area contributed by atoms with E-state index in [9.17, 15) is 9.59 Å². The Bertz CT molecular complexity index is 340. The molecule has 6 nitrogen and oxygen atoms in total. The van der Waals surface area contributed by atoms with E-state index in [0.717, 1.165) is 19.4 Å². The van der Waals surface area contributed by atoms with E-state index < -0.39 is 5.97 Å². The van der Waals surface area contributed by atoms with E-state index in [1.54, 1.807) is 0 Å². The predicted octanol–water partition coefficient (Wildman–Crippen LogP) is 0.683. The van der Waals surface area contributed by atoms with Crippen molar-refractivity contribution in [1.29, 1.82) is 0 Å². The number of carbonyl (C=O) groups excluding carboxylic acids is 1. The molecule has 0 saturated carbocycles. The topological polar surface area (TPSA) is 64.1 Å². The summed E-state index contributed by atoms with van der Waals surface area (Å²) in [6.45, 7) is 5.61. The van der Waals surface area contributed by atoms with Gasteiger partial charge in [-0.1, -0.05) is 0 Å². The summed E-state index contributed by atoms with van der Waals surface area (Å²) in [5.41, 5.74) is 0. The highest BCUT2D eigenvalue weighted by atomic mass is 16.4. The maximum Gasteiger partial charge on any atom is 0.320 e. The third-order valence-electron chi connectivity index (χ3n) is 4.05. The first-order valence-electron chi connectivity index (χ1n) is 7.07. The number of urea groups is 1. The quantitative estimate of drug-likeness (QED) is 0.801. The molecule has 19 heavy (non-hydrogen) atoms. The molecule has 2 heterocycles. The van der Waals surface area contributed by atoms with Gasteiger partial charge in [0.15, 0.2) is 0 Å². The van der Waals surface area contributed by atoms with Gasteiger partial charge in [0.1, 0.15) is 0 Å². The summed E-state index contributed by atoms with van der Waals surface area (Å²) >= 11 is 0. The molecule has 1 atom stereocenters. The van der Waals surface area contributed by atoms with Crippen LogP contribution in [-0.4, -0.2) is 77.1 Å². The average molecular weight is 269 g/mol. The number of hydrogen-bond donors (Lipinski definition) is 1. The number of carboxylic acids is 1. The molecule has 2 rings (SSSR count). The minimum atomic E-state index is -0.801. The van der Waals surface area contributed by atoms with Crippen molar-refractivity contribution in [3.05, 3.63) is 0 Å². The molecule has 2 aliphatic rings. The van der Waals surface area contributed by atoms with Crippen LogP contribution in [0.5, 0.6) is 0 Å². The van der Waals surface area contributed by atoms with Crippen molar-refractivity contribution in [3.8, 4) is 0 Å². The zero-order valence-corrected chi connectivity index (χ0v) is 11.5. The standard InChI is InChI=1S/C13H23N3O3/c1-11-4-2-3-5-16(11)13(19)15-8-6-14(7-9-15)10-12(17)18/h11H,2-10H2,1H3,(H,17,18). The largest absolute Gasteiger partial charge is 0.480 e. The van der Waals surface area contributed by atoms with Crippen molar-refractivity contribution in [1.82, 2.24) is 14.7 Å². The van der Waals surface area contributed by atoms with Crippen molar-refractivity contribution < 1.29 is 14.7 Å². The van der Waals surface area contributed by atoms with E-state index >= 15 is 0 Å². The van der Waals surface area contributed by atoms with Crippen LogP contribution in [0.25, 0.3) is 0 Å². The molecule has 0 aromatic rings. The molecule has 1 unspecified atom stereocenters. The van der Waals surface area contributed by atoms with E-state index in [1.165, 1.54) is 6.42 Å². The number of amides is 2. The third kappa shape index (κ3) is 3.59. The minimum absolute atomic E-state index is 0.0716. The second kappa shape index (κ2) is 6.23. The summed E-state index contributed by atoms with van der Waals surface area (Å²) < 4.78 is 0. The number of hydrogen-bond acceptors (Lipinski definition) is 3. The maximum atomic E-state index is 12.4. The highest BCUT2D eigenvalue weighted by Gasteiger charge is 2.29. The Hall–Kier alpha value is -1.30. The molecule has 1 N–H and O–H groups in total. The van der Waals surface area contributed by atoms with Crippen LogP contribution in [0.2, 0.25) is 0 Å². The Morgan fingerprint density at radius 1 is 1.11 bits per heavy atom. The van der Waals surface area contributed by atoms with Gasteiger partial charge >= 0.3 is 12.0 Å². The molecule has 0 bridgehead atoms. The Kier molecular flexibility index (Phi) is 4.63. The molecular weight excluding hydrogens is 246 g/mol. The van der Waals surface area contributed by atoms with Gasteiger partial charge in [-0.25, -0.2) is 4.79 Å². The summed E-state index contributed by atoms with van der Waals surface area (Å²) in [6.07, 6.45) is 3.39. The van der Waals surface area contributed by atoms with Crippen LogP contribution in [-0.2, 0) is 4.79 Å². The van der Waals surface area contributed by atoms with Crippen LogP contribution >= 0.6 is 0 Å². The average Bonchev–Trinajstić information content (AvgIpc) is 2.39. The molecule has 2 aliphatic heterocycles. The van der Waals surface area contributed by atoms with Gasteiger partial charge in [-0.15, -0.1) is 0 Å². The van der Waals surface area contributed by atoms with Crippen LogP contribution in [0.1, 0.15) is 26.2 Å². The van der Waals surface area contributed by atoms with E-state index in [4.69, 9.17) is 5.11 Å². The highest BCUT2D eigenvalue weighted by Crippen LogP contribution is 2.18. The second-order valence-electron chi connectivity index (χ2n) is 5.48. The van der Waals surface area contributed by atoms with Gasteiger partial charge in [0.2, 0.25) is 0 Å². The fraction of sp³-hybridized carbons (Fsp3) is 0.846. The maximum absolute atomic E-state index is 12.4. The minimum Gasteiger partial charge on any atom is -0.480 e. The van der Waals surface area contributed by atoms with Crippen molar-refractivity contribution in [2.45, 2.75) is 32.2 Å². The molecule has 0 aliphatic carbocycles. The summed E-state index contributed by atoms with van der Waals surface area (Å²) in [5.74, 6) is -0.801. The number of aliphatic carboxylic acids is 1. The molecule has 0 aromatic heterocycles. The number of nitrogens with zero attached hydrogens (tertiary/aromatic N) is 3. The van der Waals surface area contributed by atoms with E-state index in [1.807, 2.05) is 14.7 Å². The number of likely N-dealkylation sites (tertiary alicyclic amines) is 1. The molecule has 0 aromatic carbocycles. The molecular formula is C13H23N3O3. The van der Waals surface area contributed by atoms with Crippen molar-refractivity contribution in [3.63, 3.8) is 0 Å². The van der Waals surface area contributed by atoms with E-state index in [-0.39, 0.29) is 12.6 Å². The van der Waals surface area contributed by atoms with Crippen LogP contribution in [0.3, 0.4) is 0 Å². The van der Waals surface area contributed by atoms with Gasteiger partial charge in [0.25, 0.3) is 0 Å². The number of rotatable bonds is 2. The molecule has 0 spiro atoms. The number of carboxylic acid groups (broad SMARTS) is 1. The Morgan fingerprint density at radius 2 is 1.79 bits per heavy atom. The first kappa shape index (κ1) is 14.1. The third-order valence-corrected chi connectivity index (χ3v) is 4.05. The molecule has 108 valence electrons. The lowest BCUT2D eigenvalue weighted by atomic mass is 10.0. The second-order valence-corrected chi connectivity index (χ2v) is 5.48. The lowest BCUT2D eigenvalue weighted by Gasteiger charge is -2.40. The van der Waals surface area contributed by atoms with Crippen LogP contribution in [0.4, 0.5) is 4.79 Å². The van der Waals surface area contributed by atoms with Gasteiger partial charge in [0.05, 0.1) is 6.54 Å². The normalized spacial score (nSPS) is 25.4. The monoisotopic (exact) mass is 269 g/mol. The van der Waals surface area contributed by atoms with Crippen LogP contribution in [0, 0.1) is 0 Å². The Balaban J connectivity index is 1.83. The van der Waals surface area contributed by atoms with Crippen LogP contribution < -0.4 is 0 Å². The van der Waals surface area contributed by atoms with E-state index in [0.29, 0.717) is 32.2 Å². The predicted molar refractivity (Wildman–Crippen MR) is 71.1 cm³/mol. The zero-order valence-electron chi connectivity index (χ0n) is 11.5. The summed E-state index contributed by atoms with van der Waals surface area (Å²) in [7, 11) is 0. The summed E-state index contributed by atoms with van der Waals surface area (Å²) in [4.78, 5) is 28.8. The van der Waals surface area contributed by atoms with Gasteiger partial charge in [-0.05, 0) is 26.2 Å². The molecule has 2 fully saturated rings. The van der Waals surface area contributed by atoms with Gasteiger partial charge < -0.3 is 14.9 Å². The van der Waals surface area contributed by atoms with Crippen molar-refractivity contribution in [2.24, 2.45) is 0 Å². The molecule has 0 radical (unpaired) electrons. The van der Waals surface area contributed by atoms with Gasteiger partial charge in [-0.3, -0.25) is 9.69 Å². The lowest BCUT2D eigenvalue weighted by molar-refractivity contribution is -0.138. The number of piperidine rings is 1. The number of piperazine rings is 1. The van der Waals surface area contributed by atoms with E-state index in [2.05, 4.69) is 6.92 Å². The fourth-order valence-electron chi connectivity index (χ4n) is 2.85. The smallest absolute Gasteiger partial charge is 0.320 e. The fourth-order valence-corrected chi connectivity index (χ4v) is 2.85. The highest BCUT2D eigenvalue weighted by molar-refractivity contribution is 5.75. The Morgan fingerprint density at radius 3 is 2.37 bits per heavy atom. The van der Waals surface area contributed by atoms with Crippen molar-refractivity contribution in [2.75, 3.05) is 39.3 Å². The first-order chi connectivity index (χ1) is 9.08. The summed E-state index contributed by atoms with van der Waals surface area (Å²) in [5, 5.41) is 8.75. The molecule has 2 saturated heterocycles. The van der Waals surface area contributed by atoms with Crippen LogP contribution in [0.15, 0.2) is 0 Å². The van der Waals surface area contributed by atoms with Crippen molar-refractivity contribution >= 4 is 12.0 Å². The van der Waals surface area contributed by atoms with Gasteiger partial charge in [-0.2, -0.15) is 0 Å². The number of carbonyl (C=O) groups is 2. The first-order valence-corrected chi connectivity index (χ1v) is 7.07. The summed E-state index contributed by atoms with van der Waals surface area (Å²) in [6, 6.07) is 0.459. The van der Waals surface area contributed by atoms with Gasteiger partial charge in [0, 0.05) is 38.8 Å². The zero-order chi connectivity index (χ0) is 13.8. The Labute approximate surface area is 114 Å². The lowest BCUT2D eigenvalue weighted by Crippen LogP contribution is -2.55. The molecule has 2 amide bonds.